The van der Waals surface area contributed by atoms with Gasteiger partial charge in [0.15, 0.2) is 24.3 Å². The summed E-state index contributed by atoms with van der Waals surface area (Å²) in [7, 11) is 0. The Morgan fingerprint density at radius 3 is 2.94 bits per heavy atom. The van der Waals surface area contributed by atoms with Crippen molar-refractivity contribution in [3.05, 3.63) is 52.4 Å². The van der Waals surface area contributed by atoms with E-state index >= 15 is 0 Å². The molecular formula is C24H28ClFN6O3S. The van der Waals surface area contributed by atoms with Crippen molar-refractivity contribution >= 4 is 52.4 Å². The zero-order valence-corrected chi connectivity index (χ0v) is 21.6. The topological polar surface area (TPSA) is 114 Å². The van der Waals surface area contributed by atoms with Gasteiger partial charge in [0, 0.05) is 41.7 Å². The molecule has 0 bridgehead atoms. The zero-order chi connectivity index (χ0) is 25.7. The second-order valence-corrected chi connectivity index (χ2v) is 9.62. The highest BCUT2D eigenvalue weighted by atomic mass is 35.5. The van der Waals surface area contributed by atoms with E-state index < -0.39 is 5.91 Å². The molecule has 3 aromatic rings. The summed E-state index contributed by atoms with van der Waals surface area (Å²) in [6.45, 7) is 5.29. The van der Waals surface area contributed by atoms with Crippen LogP contribution in [0, 0.1) is 5.41 Å². The van der Waals surface area contributed by atoms with Crippen LogP contribution in [-0.4, -0.2) is 57.6 Å². The van der Waals surface area contributed by atoms with Crippen LogP contribution in [0.1, 0.15) is 54.7 Å². The molecule has 1 unspecified atom stereocenters. The molecule has 3 N–H and O–H groups in total. The predicted molar refractivity (Wildman–Crippen MR) is 140 cm³/mol. The minimum Gasteiger partial charge on any atom is -0.382 e. The van der Waals surface area contributed by atoms with E-state index in [4.69, 9.17) is 26.5 Å². The first-order chi connectivity index (χ1) is 17.4. The minimum atomic E-state index is -0.392. The minimum absolute atomic E-state index is 0.0735. The Hall–Kier alpha value is -2.73. The molecule has 1 fully saturated rings. The van der Waals surface area contributed by atoms with Gasteiger partial charge in [-0.3, -0.25) is 10.2 Å². The summed E-state index contributed by atoms with van der Waals surface area (Å²) in [6, 6.07) is 5.03. The van der Waals surface area contributed by atoms with Crippen LogP contribution >= 0.6 is 23.9 Å². The molecule has 1 saturated heterocycles. The van der Waals surface area contributed by atoms with Gasteiger partial charge < -0.3 is 20.1 Å². The highest BCUT2D eigenvalue weighted by molar-refractivity contribution is 7.92. The Labute approximate surface area is 218 Å². The lowest BCUT2D eigenvalue weighted by molar-refractivity contribution is -0.159. The molecule has 1 amide bonds. The number of hydrogen-bond acceptors (Lipinski definition) is 8. The number of halogens is 2. The fourth-order valence-corrected chi connectivity index (χ4v) is 4.40. The first-order valence-corrected chi connectivity index (χ1v) is 12.8. The van der Waals surface area contributed by atoms with Gasteiger partial charge in [-0.05, 0) is 51.3 Å². The van der Waals surface area contributed by atoms with Crippen LogP contribution < -0.4 is 10.6 Å². The molecule has 12 heteroatoms. The van der Waals surface area contributed by atoms with Crippen molar-refractivity contribution in [3.8, 4) is 0 Å². The van der Waals surface area contributed by atoms with Crippen molar-refractivity contribution in [2.24, 2.45) is 0 Å². The monoisotopic (exact) mass is 534 g/mol. The number of fused-ring (bicyclic) bond motifs is 1. The van der Waals surface area contributed by atoms with E-state index in [1.807, 2.05) is 13.8 Å². The van der Waals surface area contributed by atoms with Crippen LogP contribution in [0.2, 0.25) is 5.02 Å². The highest BCUT2D eigenvalue weighted by Gasteiger charge is 2.21. The molecule has 9 nitrogen and oxygen atoms in total. The number of ether oxygens (including phenoxy) is 2. The van der Waals surface area contributed by atoms with Crippen molar-refractivity contribution in [3.63, 3.8) is 0 Å². The number of nitrogens with zero attached hydrogens (tertiary/aromatic N) is 3. The van der Waals surface area contributed by atoms with E-state index in [0.717, 1.165) is 23.2 Å². The van der Waals surface area contributed by atoms with Crippen molar-refractivity contribution in [2.45, 2.75) is 45.4 Å². The number of benzene rings is 1. The van der Waals surface area contributed by atoms with Gasteiger partial charge in [0.2, 0.25) is 0 Å². The van der Waals surface area contributed by atoms with E-state index in [9.17, 15) is 8.68 Å². The normalized spacial score (nSPS) is 15.9. The van der Waals surface area contributed by atoms with Gasteiger partial charge in [0.1, 0.15) is 11.2 Å². The molecule has 36 heavy (non-hydrogen) atoms. The molecule has 0 radical (unpaired) electrons. The number of anilines is 1. The zero-order valence-electron chi connectivity index (χ0n) is 20.0. The lowest BCUT2D eigenvalue weighted by atomic mass is 10.1. The predicted octanol–water partition coefficient (Wildman–Crippen LogP) is 4.97. The quantitative estimate of drug-likeness (QED) is 0.248. The standard InChI is InChI=1S/C24H28ClFN6O3S/c1-14(2)30-24(33)17-13-32(36-26)23-22(17)31-19(12-29-23)21(27)16-7-6-15(25)11-18(16)28-8-10-35-20-5-3-4-9-34-20/h6-7,11-14,20,27-28H,3-5,8-10H2,1-2H3,(H,30,33). The molecule has 0 saturated carbocycles. The summed E-state index contributed by atoms with van der Waals surface area (Å²) in [5, 5.41) is 15.4. The van der Waals surface area contributed by atoms with E-state index in [1.165, 1.54) is 12.4 Å². The van der Waals surface area contributed by atoms with Gasteiger partial charge in [0.25, 0.3) is 5.91 Å². The first-order valence-electron chi connectivity index (χ1n) is 11.7. The molecule has 192 valence electrons. The van der Waals surface area contributed by atoms with Gasteiger partial charge in [-0.2, -0.15) is 0 Å². The second-order valence-electron chi connectivity index (χ2n) is 8.65. The van der Waals surface area contributed by atoms with E-state index in [2.05, 4.69) is 20.6 Å². The van der Waals surface area contributed by atoms with Crippen LogP contribution in [0.15, 0.2) is 30.6 Å². The molecule has 1 aliphatic rings. The van der Waals surface area contributed by atoms with Crippen molar-refractivity contribution in [1.29, 1.82) is 5.41 Å². The Kier molecular flexibility index (Phi) is 8.78. The van der Waals surface area contributed by atoms with Crippen LogP contribution in [0.5, 0.6) is 0 Å². The Balaban J connectivity index is 1.56. The van der Waals surface area contributed by atoms with E-state index in [0.29, 0.717) is 36.0 Å². The first kappa shape index (κ1) is 26.3. The third-order valence-corrected chi connectivity index (χ3v) is 6.23. The third-order valence-electron chi connectivity index (χ3n) is 5.57. The fraction of sp³-hybridized carbons (Fsp3) is 0.417. The average Bonchev–Trinajstić information content (AvgIpc) is 3.25. The van der Waals surface area contributed by atoms with Gasteiger partial charge in [-0.25, -0.2) is 13.9 Å². The van der Waals surface area contributed by atoms with Crippen molar-refractivity contribution < 1.29 is 18.2 Å². The van der Waals surface area contributed by atoms with Gasteiger partial charge in [-0.15, -0.1) is 3.89 Å². The molecule has 3 heterocycles. The van der Waals surface area contributed by atoms with Crippen LogP contribution in [0.25, 0.3) is 11.2 Å². The number of hydrogen-bond donors (Lipinski definition) is 3. The van der Waals surface area contributed by atoms with Gasteiger partial charge >= 0.3 is 0 Å². The number of carbonyl (C=O) groups is 1. The number of amides is 1. The molecule has 1 atom stereocenters. The molecular weight excluding hydrogens is 507 g/mol. The molecule has 0 spiro atoms. The Morgan fingerprint density at radius 1 is 1.39 bits per heavy atom. The average molecular weight is 535 g/mol. The second kappa shape index (κ2) is 12.0. The largest absolute Gasteiger partial charge is 0.382 e. The van der Waals surface area contributed by atoms with E-state index in [1.54, 1.807) is 18.2 Å². The van der Waals surface area contributed by atoms with Gasteiger partial charge in [0.05, 0.1) is 24.1 Å². The summed E-state index contributed by atoms with van der Waals surface area (Å²) in [5.41, 5.74) is 2.10. The lowest BCUT2D eigenvalue weighted by Crippen LogP contribution is -2.30. The van der Waals surface area contributed by atoms with Crippen LogP contribution in [0.3, 0.4) is 0 Å². The number of nitrogens with one attached hydrogen (secondary N) is 3. The fourth-order valence-electron chi connectivity index (χ4n) is 3.88. The van der Waals surface area contributed by atoms with Gasteiger partial charge in [-0.1, -0.05) is 11.6 Å². The summed E-state index contributed by atoms with van der Waals surface area (Å²) in [4.78, 5) is 21.5. The van der Waals surface area contributed by atoms with Crippen LogP contribution in [0.4, 0.5) is 9.57 Å². The number of rotatable bonds is 10. The molecule has 4 rings (SSSR count). The number of aromatic nitrogens is 3. The summed E-state index contributed by atoms with van der Waals surface area (Å²) >= 11 is 6.15. The summed E-state index contributed by atoms with van der Waals surface area (Å²) in [5.74, 6) is -0.392. The molecule has 2 aromatic heterocycles. The van der Waals surface area contributed by atoms with Crippen molar-refractivity contribution in [2.75, 3.05) is 25.1 Å². The SMILES string of the molecule is CC(C)NC(=O)c1cn(SF)c2ncc(C(=N)c3ccc(Cl)cc3NCCOC3CCCCO3)nc12. The lowest BCUT2D eigenvalue weighted by Gasteiger charge is -2.23. The molecule has 1 aromatic carbocycles. The maximum Gasteiger partial charge on any atom is 0.255 e. The maximum atomic E-state index is 13.5. The maximum absolute atomic E-state index is 13.5. The third kappa shape index (κ3) is 6.15. The Bertz CT molecular complexity index is 1250. The van der Waals surface area contributed by atoms with E-state index in [-0.39, 0.29) is 52.8 Å². The molecule has 1 aliphatic heterocycles. The summed E-state index contributed by atoms with van der Waals surface area (Å²) < 4.78 is 26.0. The summed E-state index contributed by atoms with van der Waals surface area (Å²) in [6.07, 6.45) is 5.59. The highest BCUT2D eigenvalue weighted by Crippen LogP contribution is 2.26. The smallest absolute Gasteiger partial charge is 0.255 e. The van der Waals surface area contributed by atoms with Crippen molar-refractivity contribution in [1.82, 2.24) is 19.3 Å². The molecule has 0 aliphatic carbocycles. The Morgan fingerprint density at radius 2 is 2.22 bits per heavy atom. The van der Waals surface area contributed by atoms with Crippen LogP contribution in [-0.2, 0) is 9.47 Å². The number of carbonyl (C=O) groups excluding carboxylic acids is 1.